The number of para-hydroxylation sites is 1. The molecule has 9 nitrogen and oxygen atoms in total. The maximum atomic E-state index is 13.4. The van der Waals surface area contributed by atoms with Gasteiger partial charge < -0.3 is 14.6 Å². The van der Waals surface area contributed by atoms with Crippen LogP contribution in [0.15, 0.2) is 34.7 Å². The first-order chi connectivity index (χ1) is 15.7. The molecule has 1 aromatic carbocycles. The molecule has 0 bridgehead atoms. The minimum atomic E-state index is -3.19. The van der Waals surface area contributed by atoms with E-state index in [1.165, 1.54) is 0 Å². The quantitative estimate of drug-likeness (QED) is 0.665. The number of sulfone groups is 1. The number of benzene rings is 1. The third-order valence-electron chi connectivity index (χ3n) is 7.09. The zero-order chi connectivity index (χ0) is 23.4. The van der Waals surface area contributed by atoms with Crippen molar-refractivity contribution in [3.63, 3.8) is 0 Å². The Morgan fingerprint density at radius 1 is 1.18 bits per heavy atom. The highest BCUT2D eigenvalue weighted by atomic mass is 32.2. The van der Waals surface area contributed by atoms with Gasteiger partial charge in [-0.1, -0.05) is 31.0 Å². The fourth-order valence-corrected chi connectivity index (χ4v) is 7.05. The molecular weight excluding hydrogens is 446 g/mol. The highest BCUT2D eigenvalue weighted by Crippen LogP contribution is 2.34. The molecule has 1 N–H and O–H groups in total. The second-order valence-electron chi connectivity index (χ2n) is 9.39. The normalized spacial score (nSPS) is 27.4. The number of carbonyl (C=O) groups excluding carboxylic acids is 3. The second kappa shape index (κ2) is 7.86. The summed E-state index contributed by atoms with van der Waals surface area (Å²) in [5.74, 6) is -0.661. The topological polar surface area (TPSA) is 117 Å². The molecule has 3 fully saturated rings. The van der Waals surface area contributed by atoms with E-state index in [1.54, 1.807) is 24.0 Å². The SMILES string of the molecule is C[C@@]1(c2cc3ccccc3o2)NC(=O)N(CC(=O)N(C2CCCC2)[C@H]2CCS(=O)(=O)C2)C1=O. The summed E-state index contributed by atoms with van der Waals surface area (Å²) < 4.78 is 30.0. The van der Waals surface area contributed by atoms with Crippen LogP contribution in [0.5, 0.6) is 0 Å². The highest BCUT2D eigenvalue weighted by Gasteiger charge is 2.52. The molecule has 0 radical (unpaired) electrons. The van der Waals surface area contributed by atoms with E-state index < -0.39 is 39.9 Å². The fraction of sp³-hybridized carbons (Fsp3) is 0.522. The minimum absolute atomic E-state index is 0.0570. The molecule has 0 unspecified atom stereocenters. The van der Waals surface area contributed by atoms with Crippen LogP contribution in [0.3, 0.4) is 0 Å². The number of imide groups is 1. The lowest BCUT2D eigenvalue weighted by Crippen LogP contribution is -2.51. The maximum Gasteiger partial charge on any atom is 0.325 e. The third kappa shape index (κ3) is 3.80. The van der Waals surface area contributed by atoms with Crippen LogP contribution in [-0.4, -0.2) is 66.2 Å². The van der Waals surface area contributed by atoms with Gasteiger partial charge in [0.1, 0.15) is 17.9 Å². The molecular formula is C23H27N3O6S. The van der Waals surface area contributed by atoms with Crippen molar-refractivity contribution in [3.05, 3.63) is 36.1 Å². The summed E-state index contributed by atoms with van der Waals surface area (Å²) in [4.78, 5) is 42.1. The van der Waals surface area contributed by atoms with Gasteiger partial charge in [-0.05, 0) is 38.3 Å². The Labute approximate surface area is 192 Å². The molecule has 10 heteroatoms. The van der Waals surface area contributed by atoms with Gasteiger partial charge in [0.05, 0.1) is 11.5 Å². The van der Waals surface area contributed by atoms with Crippen molar-refractivity contribution in [2.45, 2.75) is 56.7 Å². The standard InChI is InChI=1S/C23H27N3O6S/c1-23(19-12-15-6-2-5-9-18(15)32-19)21(28)25(22(29)24-23)13-20(27)26(16-7-3-4-8-16)17-10-11-33(30,31)14-17/h2,5-6,9,12,16-17H,3-4,7-8,10-11,13-14H2,1H3,(H,24,29)/t17-,23-/m0/s1. The van der Waals surface area contributed by atoms with Crippen molar-refractivity contribution in [3.8, 4) is 0 Å². The lowest BCUT2D eigenvalue weighted by Gasteiger charge is -2.35. The van der Waals surface area contributed by atoms with Crippen LogP contribution in [0.25, 0.3) is 11.0 Å². The Bertz CT molecular complexity index is 1200. The molecule has 1 aliphatic carbocycles. The Morgan fingerprint density at radius 2 is 1.91 bits per heavy atom. The van der Waals surface area contributed by atoms with Crippen molar-refractivity contribution < 1.29 is 27.2 Å². The molecule has 2 atom stereocenters. The van der Waals surface area contributed by atoms with Crippen LogP contribution in [0, 0.1) is 0 Å². The average molecular weight is 474 g/mol. The van der Waals surface area contributed by atoms with E-state index in [9.17, 15) is 22.8 Å². The second-order valence-corrected chi connectivity index (χ2v) is 11.6. The van der Waals surface area contributed by atoms with Gasteiger partial charge in [0.25, 0.3) is 5.91 Å². The molecule has 2 aromatic rings. The van der Waals surface area contributed by atoms with Crippen molar-refractivity contribution >= 4 is 38.7 Å². The molecule has 2 aliphatic heterocycles. The van der Waals surface area contributed by atoms with Crippen molar-refractivity contribution in [1.82, 2.24) is 15.1 Å². The van der Waals surface area contributed by atoms with Gasteiger partial charge in [-0.3, -0.25) is 14.5 Å². The average Bonchev–Trinajstić information content (AvgIpc) is 3.54. The molecule has 1 saturated carbocycles. The number of rotatable bonds is 5. The maximum absolute atomic E-state index is 13.4. The van der Waals surface area contributed by atoms with E-state index in [0.717, 1.165) is 36.0 Å². The summed E-state index contributed by atoms with van der Waals surface area (Å²) in [5.41, 5.74) is -0.828. The number of amides is 4. The summed E-state index contributed by atoms with van der Waals surface area (Å²) in [6, 6.07) is 7.88. The number of nitrogens with one attached hydrogen (secondary N) is 1. The lowest BCUT2D eigenvalue weighted by atomic mass is 9.99. The third-order valence-corrected chi connectivity index (χ3v) is 8.84. The van der Waals surface area contributed by atoms with Gasteiger partial charge in [0.2, 0.25) is 5.91 Å². The Morgan fingerprint density at radius 3 is 2.58 bits per heavy atom. The van der Waals surface area contributed by atoms with E-state index >= 15 is 0 Å². The van der Waals surface area contributed by atoms with Crippen molar-refractivity contribution in [2.24, 2.45) is 0 Å². The molecule has 3 heterocycles. The number of urea groups is 1. The van der Waals surface area contributed by atoms with E-state index in [2.05, 4.69) is 5.32 Å². The first-order valence-electron chi connectivity index (χ1n) is 11.3. The van der Waals surface area contributed by atoms with Crippen LogP contribution in [0.4, 0.5) is 4.79 Å². The van der Waals surface area contributed by atoms with Gasteiger partial charge in [0.15, 0.2) is 15.4 Å². The predicted molar refractivity (Wildman–Crippen MR) is 120 cm³/mol. The molecule has 3 aliphatic rings. The number of nitrogens with zero attached hydrogens (tertiary/aromatic N) is 2. The zero-order valence-corrected chi connectivity index (χ0v) is 19.3. The number of fused-ring (bicyclic) bond motifs is 1. The lowest BCUT2D eigenvalue weighted by molar-refractivity contribution is -0.141. The number of carbonyl (C=O) groups is 3. The van der Waals surface area contributed by atoms with E-state index in [-0.39, 0.29) is 23.5 Å². The van der Waals surface area contributed by atoms with Crippen molar-refractivity contribution in [2.75, 3.05) is 18.1 Å². The molecule has 176 valence electrons. The molecule has 1 aromatic heterocycles. The summed E-state index contributed by atoms with van der Waals surface area (Å²) in [6.07, 6.45) is 3.95. The predicted octanol–water partition coefficient (Wildman–Crippen LogP) is 2.16. The summed E-state index contributed by atoms with van der Waals surface area (Å²) >= 11 is 0. The first-order valence-corrected chi connectivity index (χ1v) is 13.1. The fourth-order valence-electron chi connectivity index (χ4n) is 5.34. The van der Waals surface area contributed by atoms with E-state index in [0.29, 0.717) is 17.8 Å². The van der Waals surface area contributed by atoms with E-state index in [1.807, 2.05) is 18.2 Å². The molecule has 4 amide bonds. The molecule has 2 saturated heterocycles. The summed E-state index contributed by atoms with van der Waals surface area (Å²) in [6.45, 7) is 1.14. The van der Waals surface area contributed by atoms with Crippen LogP contribution in [0.2, 0.25) is 0 Å². The smallest absolute Gasteiger partial charge is 0.325 e. The van der Waals surface area contributed by atoms with Gasteiger partial charge >= 0.3 is 6.03 Å². The highest BCUT2D eigenvalue weighted by molar-refractivity contribution is 7.91. The summed E-state index contributed by atoms with van der Waals surface area (Å²) in [5, 5.41) is 3.49. The molecule has 0 spiro atoms. The van der Waals surface area contributed by atoms with E-state index in [4.69, 9.17) is 4.42 Å². The Balaban J connectivity index is 1.38. The summed E-state index contributed by atoms with van der Waals surface area (Å²) in [7, 11) is -3.19. The first kappa shape index (κ1) is 21.9. The van der Waals surface area contributed by atoms with Gasteiger partial charge in [0, 0.05) is 17.5 Å². The zero-order valence-electron chi connectivity index (χ0n) is 18.5. The number of furan rings is 1. The van der Waals surface area contributed by atoms with Crippen LogP contribution in [0.1, 0.15) is 44.8 Å². The Kier molecular flexibility index (Phi) is 5.23. The van der Waals surface area contributed by atoms with Gasteiger partial charge in [-0.25, -0.2) is 13.2 Å². The minimum Gasteiger partial charge on any atom is -0.458 e. The largest absolute Gasteiger partial charge is 0.458 e. The molecule has 5 rings (SSSR count). The van der Waals surface area contributed by atoms with Crippen molar-refractivity contribution in [1.29, 1.82) is 0 Å². The van der Waals surface area contributed by atoms with Gasteiger partial charge in [-0.2, -0.15) is 0 Å². The van der Waals surface area contributed by atoms with Gasteiger partial charge in [-0.15, -0.1) is 0 Å². The monoisotopic (exact) mass is 473 g/mol. The van der Waals surface area contributed by atoms with Crippen LogP contribution < -0.4 is 5.32 Å². The number of hydrogen-bond acceptors (Lipinski definition) is 6. The molecule has 33 heavy (non-hydrogen) atoms. The number of hydrogen-bond donors (Lipinski definition) is 1. The Hall–Kier alpha value is -2.88. The van der Waals surface area contributed by atoms with Crippen LogP contribution in [-0.2, 0) is 25.0 Å². The van der Waals surface area contributed by atoms with Crippen LogP contribution >= 0.6 is 0 Å².